The number of hydrogen-bond donors (Lipinski definition) is 0. The molecule has 1 atom stereocenters. The first-order chi connectivity index (χ1) is 11.9. The van der Waals surface area contributed by atoms with Gasteiger partial charge in [-0.2, -0.15) is 4.31 Å². The van der Waals surface area contributed by atoms with E-state index in [0.717, 1.165) is 12.1 Å². The highest BCUT2D eigenvalue weighted by molar-refractivity contribution is 7.89. The Hall–Kier alpha value is -1.48. The van der Waals surface area contributed by atoms with Crippen molar-refractivity contribution in [1.82, 2.24) is 24.2 Å². The summed E-state index contributed by atoms with van der Waals surface area (Å²) in [5, 5.41) is 8.88. The maximum Gasteiger partial charge on any atom is 0.216 e. The molecule has 1 fully saturated rings. The van der Waals surface area contributed by atoms with E-state index in [2.05, 4.69) is 15.2 Å². The van der Waals surface area contributed by atoms with Crippen LogP contribution < -0.4 is 0 Å². The standard InChI is InChI=1S/C16H22ClN5O2S/c1-3-20(2)16-11-22(25(23,24)12-16)10-15-9-21(19-18-15)8-13-5-4-6-14(17)7-13/h4-7,9,16H,3,8,10-12H2,1-2H3. The highest BCUT2D eigenvalue weighted by Crippen LogP contribution is 2.20. The van der Waals surface area contributed by atoms with E-state index in [1.807, 2.05) is 38.2 Å². The molecule has 25 heavy (non-hydrogen) atoms. The van der Waals surface area contributed by atoms with Crippen molar-refractivity contribution < 1.29 is 8.42 Å². The number of rotatable bonds is 6. The first-order valence-electron chi connectivity index (χ1n) is 8.19. The molecule has 3 rings (SSSR count). The van der Waals surface area contributed by atoms with Gasteiger partial charge in [-0.3, -0.25) is 0 Å². The van der Waals surface area contributed by atoms with Crippen molar-refractivity contribution in [3.8, 4) is 0 Å². The van der Waals surface area contributed by atoms with Crippen LogP contribution in [0.15, 0.2) is 30.5 Å². The summed E-state index contributed by atoms with van der Waals surface area (Å²) in [6.45, 7) is 4.14. The second-order valence-corrected chi connectivity index (χ2v) is 8.79. The van der Waals surface area contributed by atoms with Crippen LogP contribution in [0.3, 0.4) is 0 Å². The monoisotopic (exact) mass is 383 g/mol. The zero-order valence-corrected chi connectivity index (χ0v) is 15.9. The molecule has 2 heterocycles. The number of nitrogens with zero attached hydrogens (tertiary/aromatic N) is 5. The first-order valence-corrected chi connectivity index (χ1v) is 10.2. The van der Waals surface area contributed by atoms with Crippen molar-refractivity contribution in [2.45, 2.75) is 26.1 Å². The Balaban J connectivity index is 1.67. The van der Waals surface area contributed by atoms with E-state index in [1.165, 1.54) is 4.31 Å². The molecule has 1 aromatic carbocycles. The summed E-state index contributed by atoms with van der Waals surface area (Å²) in [6.07, 6.45) is 1.79. The molecule has 0 radical (unpaired) electrons. The third-order valence-corrected chi connectivity index (χ3v) is 6.60. The zero-order chi connectivity index (χ0) is 18.0. The molecule has 2 aromatic rings. The smallest absolute Gasteiger partial charge is 0.216 e. The quantitative estimate of drug-likeness (QED) is 0.754. The molecule has 1 unspecified atom stereocenters. The molecule has 0 bridgehead atoms. The Labute approximate surface area is 153 Å². The molecule has 7 nitrogen and oxygen atoms in total. The third kappa shape index (κ3) is 4.38. The number of benzene rings is 1. The lowest BCUT2D eigenvalue weighted by molar-refractivity contribution is 0.251. The van der Waals surface area contributed by atoms with Gasteiger partial charge in [-0.15, -0.1) is 5.10 Å². The van der Waals surface area contributed by atoms with Crippen LogP contribution in [0, 0.1) is 0 Å². The summed E-state index contributed by atoms with van der Waals surface area (Å²) < 4.78 is 27.9. The van der Waals surface area contributed by atoms with Gasteiger partial charge in [-0.05, 0) is 31.3 Å². The molecule has 136 valence electrons. The number of hydrogen-bond acceptors (Lipinski definition) is 5. The van der Waals surface area contributed by atoms with Crippen LogP contribution in [0.4, 0.5) is 0 Å². The second-order valence-electron chi connectivity index (χ2n) is 6.34. The van der Waals surface area contributed by atoms with E-state index in [0.29, 0.717) is 23.8 Å². The fourth-order valence-electron chi connectivity index (χ4n) is 2.93. The molecule has 1 aromatic heterocycles. The van der Waals surface area contributed by atoms with Crippen LogP contribution in [-0.4, -0.2) is 64.5 Å². The summed E-state index contributed by atoms with van der Waals surface area (Å²) in [5.41, 5.74) is 1.66. The first kappa shape index (κ1) is 18.3. The molecular weight excluding hydrogens is 362 g/mol. The van der Waals surface area contributed by atoms with Crippen molar-refractivity contribution in [1.29, 1.82) is 0 Å². The Morgan fingerprint density at radius 1 is 1.36 bits per heavy atom. The maximum absolute atomic E-state index is 12.4. The Kier molecular flexibility index (Phi) is 5.43. The fourth-order valence-corrected chi connectivity index (χ4v) is 4.93. The van der Waals surface area contributed by atoms with Crippen molar-refractivity contribution >= 4 is 21.6 Å². The van der Waals surface area contributed by atoms with Crippen LogP contribution in [-0.2, 0) is 23.1 Å². The predicted octanol–water partition coefficient (Wildman–Crippen LogP) is 1.45. The van der Waals surface area contributed by atoms with E-state index in [1.54, 1.807) is 10.9 Å². The van der Waals surface area contributed by atoms with Crippen molar-refractivity contribution in [2.75, 3.05) is 25.9 Å². The highest BCUT2D eigenvalue weighted by Gasteiger charge is 2.37. The molecule has 0 aliphatic carbocycles. The van der Waals surface area contributed by atoms with Gasteiger partial charge in [-0.25, -0.2) is 13.1 Å². The summed E-state index contributed by atoms with van der Waals surface area (Å²) in [5.74, 6) is 0.161. The Morgan fingerprint density at radius 3 is 2.88 bits per heavy atom. The lowest BCUT2D eigenvalue weighted by Crippen LogP contribution is -2.35. The van der Waals surface area contributed by atoms with E-state index < -0.39 is 10.0 Å². The van der Waals surface area contributed by atoms with Gasteiger partial charge >= 0.3 is 0 Å². The minimum absolute atomic E-state index is 0.0245. The molecule has 0 N–H and O–H groups in total. The zero-order valence-electron chi connectivity index (χ0n) is 14.3. The summed E-state index contributed by atoms with van der Waals surface area (Å²) in [4.78, 5) is 2.06. The van der Waals surface area contributed by atoms with Crippen molar-refractivity contribution in [3.63, 3.8) is 0 Å². The van der Waals surface area contributed by atoms with Gasteiger partial charge in [0.1, 0.15) is 0 Å². The molecular formula is C16H22ClN5O2S. The minimum Gasteiger partial charge on any atom is -0.301 e. The molecule has 1 aliphatic rings. The van der Waals surface area contributed by atoms with Gasteiger partial charge in [0.05, 0.1) is 30.7 Å². The molecule has 0 saturated carbocycles. The predicted molar refractivity (Wildman–Crippen MR) is 96.9 cm³/mol. The van der Waals surface area contributed by atoms with Gasteiger partial charge in [0, 0.05) is 17.6 Å². The third-order valence-electron chi connectivity index (χ3n) is 4.49. The number of sulfonamides is 1. The summed E-state index contributed by atoms with van der Waals surface area (Å²) >= 11 is 5.99. The van der Waals surface area contributed by atoms with Gasteiger partial charge in [0.2, 0.25) is 10.0 Å². The summed E-state index contributed by atoms with van der Waals surface area (Å²) in [6, 6.07) is 7.57. The van der Waals surface area contributed by atoms with Gasteiger partial charge in [0.15, 0.2) is 0 Å². The normalized spacial score (nSPS) is 20.4. The van der Waals surface area contributed by atoms with E-state index >= 15 is 0 Å². The number of likely N-dealkylation sites (N-methyl/N-ethyl adjacent to an activating group) is 1. The molecule has 0 spiro atoms. The number of aromatic nitrogens is 3. The SMILES string of the molecule is CCN(C)C1CN(Cc2cn(Cc3cccc(Cl)c3)nn2)S(=O)(=O)C1. The van der Waals surface area contributed by atoms with Gasteiger partial charge < -0.3 is 4.90 Å². The van der Waals surface area contributed by atoms with E-state index in [4.69, 9.17) is 11.6 Å². The maximum atomic E-state index is 12.4. The number of halogens is 1. The van der Waals surface area contributed by atoms with Crippen molar-refractivity contribution in [3.05, 3.63) is 46.7 Å². The largest absolute Gasteiger partial charge is 0.301 e. The Morgan fingerprint density at radius 2 is 2.16 bits per heavy atom. The highest BCUT2D eigenvalue weighted by atomic mass is 35.5. The lowest BCUT2D eigenvalue weighted by Gasteiger charge is -2.20. The van der Waals surface area contributed by atoms with Crippen LogP contribution >= 0.6 is 11.6 Å². The van der Waals surface area contributed by atoms with Gasteiger partial charge in [0.25, 0.3) is 0 Å². The average Bonchev–Trinajstić information content (AvgIpc) is 3.11. The lowest BCUT2D eigenvalue weighted by atomic mass is 10.2. The van der Waals surface area contributed by atoms with Crippen LogP contribution in [0.1, 0.15) is 18.2 Å². The van der Waals surface area contributed by atoms with Crippen molar-refractivity contribution in [2.24, 2.45) is 0 Å². The van der Waals surface area contributed by atoms with Crippen LogP contribution in [0.2, 0.25) is 5.02 Å². The molecule has 1 aliphatic heterocycles. The van der Waals surface area contributed by atoms with Gasteiger partial charge in [-0.1, -0.05) is 35.9 Å². The summed E-state index contributed by atoms with van der Waals surface area (Å²) in [7, 11) is -1.30. The minimum atomic E-state index is -3.25. The van der Waals surface area contributed by atoms with Crippen LogP contribution in [0.5, 0.6) is 0 Å². The second kappa shape index (κ2) is 7.41. The van der Waals surface area contributed by atoms with Crippen LogP contribution in [0.25, 0.3) is 0 Å². The fraction of sp³-hybridized carbons (Fsp3) is 0.500. The molecule has 0 amide bonds. The molecule has 9 heteroatoms. The Bertz CT molecular complexity index is 839. The molecule has 1 saturated heterocycles. The van der Waals surface area contributed by atoms with E-state index in [-0.39, 0.29) is 18.3 Å². The topological polar surface area (TPSA) is 71.3 Å². The van der Waals surface area contributed by atoms with E-state index in [9.17, 15) is 8.42 Å². The average molecular weight is 384 g/mol.